The average molecular weight is 247 g/mol. The molecule has 0 bridgehead atoms. The molecule has 3 N–H and O–H groups in total. The molecule has 1 aromatic carbocycles. The van der Waals surface area contributed by atoms with Gasteiger partial charge in [0.2, 0.25) is 5.91 Å². The third kappa shape index (κ3) is 2.80. The van der Waals surface area contributed by atoms with Gasteiger partial charge in [0.1, 0.15) is 0 Å². The predicted octanol–water partition coefficient (Wildman–Crippen LogP) is 1.17. The summed E-state index contributed by atoms with van der Waals surface area (Å²) < 4.78 is 0. The van der Waals surface area contributed by atoms with Crippen LogP contribution in [0.4, 0.5) is 0 Å². The number of carbonyl (C=O) groups is 1. The van der Waals surface area contributed by atoms with E-state index < -0.39 is 0 Å². The molecule has 0 aliphatic heterocycles. The molecule has 0 atom stereocenters. The molecule has 18 heavy (non-hydrogen) atoms. The zero-order valence-electron chi connectivity index (χ0n) is 10.5. The first-order chi connectivity index (χ1) is 8.56. The third-order valence-corrected chi connectivity index (χ3v) is 2.82. The van der Waals surface area contributed by atoms with Crippen molar-refractivity contribution in [2.24, 2.45) is 5.92 Å². The molecule has 0 fully saturated rings. The Labute approximate surface area is 105 Å². The van der Waals surface area contributed by atoms with Crippen molar-refractivity contribution in [1.29, 1.82) is 0 Å². The molecule has 0 saturated heterocycles. The summed E-state index contributed by atoms with van der Waals surface area (Å²) in [7, 11) is 0. The summed E-state index contributed by atoms with van der Waals surface area (Å²) in [6.45, 7) is 4.34. The number of nitrogens with one attached hydrogen (secondary N) is 3. The summed E-state index contributed by atoms with van der Waals surface area (Å²) in [5.74, 6) is 0.0691. The SMILES string of the molecule is CC(C)C(=O)NCCc1ccc2[nH]c(=O)[nH]c2c1. The minimum absolute atomic E-state index is 0.00788. The van der Waals surface area contributed by atoms with Crippen LogP contribution in [0.25, 0.3) is 11.0 Å². The van der Waals surface area contributed by atoms with Crippen molar-refractivity contribution in [3.05, 3.63) is 34.2 Å². The second kappa shape index (κ2) is 5.08. The second-order valence-electron chi connectivity index (χ2n) is 4.65. The number of rotatable bonds is 4. The van der Waals surface area contributed by atoms with Crippen LogP contribution in [0.5, 0.6) is 0 Å². The fourth-order valence-electron chi connectivity index (χ4n) is 1.77. The van der Waals surface area contributed by atoms with Crippen LogP contribution in [-0.4, -0.2) is 22.4 Å². The number of imidazole rings is 1. The van der Waals surface area contributed by atoms with Crippen molar-refractivity contribution in [2.75, 3.05) is 6.54 Å². The van der Waals surface area contributed by atoms with E-state index >= 15 is 0 Å². The second-order valence-corrected chi connectivity index (χ2v) is 4.65. The molecule has 1 aromatic heterocycles. The van der Waals surface area contributed by atoms with Gasteiger partial charge in [-0.3, -0.25) is 4.79 Å². The van der Waals surface area contributed by atoms with Crippen molar-refractivity contribution in [3.63, 3.8) is 0 Å². The van der Waals surface area contributed by atoms with Gasteiger partial charge in [-0.05, 0) is 24.1 Å². The Balaban J connectivity index is 1.99. The van der Waals surface area contributed by atoms with E-state index in [1.807, 2.05) is 32.0 Å². The van der Waals surface area contributed by atoms with Gasteiger partial charge >= 0.3 is 5.69 Å². The summed E-state index contributed by atoms with van der Waals surface area (Å²) in [4.78, 5) is 27.9. The lowest BCUT2D eigenvalue weighted by molar-refractivity contribution is -0.123. The number of aromatic amines is 2. The summed E-state index contributed by atoms with van der Waals surface area (Å²) in [5.41, 5.74) is 2.49. The van der Waals surface area contributed by atoms with Crippen molar-refractivity contribution in [3.8, 4) is 0 Å². The van der Waals surface area contributed by atoms with Crippen LogP contribution in [0.3, 0.4) is 0 Å². The molecule has 96 valence electrons. The minimum atomic E-state index is -0.199. The first-order valence-corrected chi connectivity index (χ1v) is 6.05. The molecule has 0 saturated carbocycles. The van der Waals surface area contributed by atoms with Gasteiger partial charge in [0.15, 0.2) is 0 Å². The molecule has 2 rings (SSSR count). The van der Waals surface area contributed by atoms with Crippen LogP contribution in [0.2, 0.25) is 0 Å². The van der Waals surface area contributed by atoms with E-state index in [1.165, 1.54) is 0 Å². The number of hydrogen-bond donors (Lipinski definition) is 3. The molecular weight excluding hydrogens is 230 g/mol. The predicted molar refractivity (Wildman–Crippen MR) is 70.5 cm³/mol. The molecule has 5 heteroatoms. The van der Waals surface area contributed by atoms with E-state index in [4.69, 9.17) is 0 Å². The lowest BCUT2D eigenvalue weighted by Gasteiger charge is -2.07. The van der Waals surface area contributed by atoms with Gasteiger partial charge < -0.3 is 15.3 Å². The number of benzene rings is 1. The topological polar surface area (TPSA) is 77.8 Å². The number of hydrogen-bond acceptors (Lipinski definition) is 2. The number of carbonyl (C=O) groups excluding carboxylic acids is 1. The van der Waals surface area contributed by atoms with Gasteiger partial charge in [-0.1, -0.05) is 19.9 Å². The molecule has 0 unspecified atom stereocenters. The molecule has 0 radical (unpaired) electrons. The number of fused-ring (bicyclic) bond motifs is 1. The van der Waals surface area contributed by atoms with Crippen LogP contribution >= 0.6 is 0 Å². The van der Waals surface area contributed by atoms with E-state index in [1.54, 1.807) is 0 Å². The molecule has 2 aromatic rings. The Morgan fingerprint density at radius 2 is 2.00 bits per heavy atom. The van der Waals surface area contributed by atoms with Crippen molar-refractivity contribution < 1.29 is 4.79 Å². The van der Waals surface area contributed by atoms with Crippen LogP contribution < -0.4 is 11.0 Å². The standard InChI is InChI=1S/C13H17N3O2/c1-8(2)12(17)14-6-5-9-3-4-10-11(7-9)16-13(18)15-10/h3-4,7-8H,5-6H2,1-2H3,(H,14,17)(H2,15,16,18). The summed E-state index contributed by atoms with van der Waals surface area (Å²) >= 11 is 0. The Bertz CT molecular complexity index is 610. The first kappa shape index (κ1) is 12.4. The maximum atomic E-state index is 11.4. The molecule has 0 spiro atoms. The van der Waals surface area contributed by atoms with E-state index in [2.05, 4.69) is 15.3 Å². The van der Waals surface area contributed by atoms with E-state index in [-0.39, 0.29) is 17.5 Å². The Morgan fingerprint density at radius 1 is 1.28 bits per heavy atom. The first-order valence-electron chi connectivity index (χ1n) is 6.05. The van der Waals surface area contributed by atoms with Gasteiger partial charge in [-0.25, -0.2) is 4.79 Å². The van der Waals surface area contributed by atoms with Crippen molar-refractivity contribution >= 4 is 16.9 Å². The number of amides is 1. The zero-order valence-corrected chi connectivity index (χ0v) is 10.5. The number of H-pyrrole nitrogens is 2. The van der Waals surface area contributed by atoms with Gasteiger partial charge in [0, 0.05) is 12.5 Å². The molecule has 0 aliphatic carbocycles. The fraction of sp³-hybridized carbons (Fsp3) is 0.385. The highest BCUT2D eigenvalue weighted by Gasteiger charge is 2.05. The van der Waals surface area contributed by atoms with Gasteiger partial charge in [-0.2, -0.15) is 0 Å². The van der Waals surface area contributed by atoms with E-state index in [0.29, 0.717) is 6.54 Å². The summed E-state index contributed by atoms with van der Waals surface area (Å²) in [6.07, 6.45) is 0.752. The largest absolute Gasteiger partial charge is 0.356 e. The van der Waals surface area contributed by atoms with Gasteiger partial charge in [0.05, 0.1) is 11.0 Å². The van der Waals surface area contributed by atoms with Crippen LogP contribution in [0, 0.1) is 5.92 Å². The highest BCUT2D eigenvalue weighted by atomic mass is 16.2. The Hall–Kier alpha value is -2.04. The normalized spacial score (nSPS) is 11.1. The summed E-state index contributed by atoms with van der Waals surface area (Å²) in [5, 5.41) is 2.87. The monoisotopic (exact) mass is 247 g/mol. The molecule has 0 aliphatic rings. The molecule has 1 heterocycles. The van der Waals surface area contributed by atoms with Crippen LogP contribution in [-0.2, 0) is 11.2 Å². The summed E-state index contributed by atoms with van der Waals surface area (Å²) in [6, 6.07) is 5.75. The fourth-order valence-corrected chi connectivity index (χ4v) is 1.77. The minimum Gasteiger partial charge on any atom is -0.356 e. The molecular formula is C13H17N3O2. The Morgan fingerprint density at radius 3 is 2.72 bits per heavy atom. The van der Waals surface area contributed by atoms with Crippen molar-refractivity contribution in [2.45, 2.75) is 20.3 Å². The maximum absolute atomic E-state index is 11.4. The van der Waals surface area contributed by atoms with Gasteiger partial charge in [-0.15, -0.1) is 0 Å². The van der Waals surface area contributed by atoms with Crippen LogP contribution in [0.1, 0.15) is 19.4 Å². The molecule has 5 nitrogen and oxygen atoms in total. The van der Waals surface area contributed by atoms with Gasteiger partial charge in [0.25, 0.3) is 0 Å². The number of aromatic nitrogens is 2. The third-order valence-electron chi connectivity index (χ3n) is 2.82. The zero-order chi connectivity index (χ0) is 13.1. The highest BCUT2D eigenvalue weighted by molar-refractivity contribution is 5.78. The quantitative estimate of drug-likeness (QED) is 0.758. The smallest absolute Gasteiger partial charge is 0.323 e. The lowest BCUT2D eigenvalue weighted by Crippen LogP contribution is -2.29. The maximum Gasteiger partial charge on any atom is 0.323 e. The highest BCUT2D eigenvalue weighted by Crippen LogP contribution is 2.10. The van der Waals surface area contributed by atoms with Crippen LogP contribution in [0.15, 0.2) is 23.0 Å². The molecule has 1 amide bonds. The Kier molecular flexibility index (Phi) is 3.50. The van der Waals surface area contributed by atoms with E-state index in [9.17, 15) is 9.59 Å². The van der Waals surface area contributed by atoms with Crippen molar-refractivity contribution in [1.82, 2.24) is 15.3 Å². The van der Waals surface area contributed by atoms with E-state index in [0.717, 1.165) is 23.0 Å². The average Bonchev–Trinajstić information content (AvgIpc) is 2.68. The lowest BCUT2D eigenvalue weighted by atomic mass is 10.1.